The fourth-order valence-electron chi connectivity index (χ4n) is 7.42. The zero-order valence-electron chi connectivity index (χ0n) is 35.3. The molecule has 0 aromatic heterocycles. The molecule has 11 nitrogen and oxygen atoms in total. The highest BCUT2D eigenvalue weighted by atomic mass is 35.5. The van der Waals surface area contributed by atoms with Crippen molar-refractivity contribution in [1.82, 2.24) is 10.4 Å². The van der Waals surface area contributed by atoms with Crippen LogP contribution in [0.2, 0.25) is 10.0 Å². The van der Waals surface area contributed by atoms with E-state index in [9.17, 15) is 46.0 Å². The summed E-state index contributed by atoms with van der Waals surface area (Å²) in [6.07, 6.45) is -10.5. The Morgan fingerprint density at radius 2 is 1.65 bits per heavy atom. The van der Waals surface area contributed by atoms with Gasteiger partial charge in [-0.15, -0.1) is 0 Å². The van der Waals surface area contributed by atoms with Crippen LogP contribution in [-0.4, -0.2) is 60.1 Å². The van der Waals surface area contributed by atoms with Crippen LogP contribution in [0.15, 0.2) is 107 Å². The van der Waals surface area contributed by atoms with E-state index in [1.54, 1.807) is 70.2 Å². The first-order valence-corrected chi connectivity index (χ1v) is 21.1. The summed E-state index contributed by atoms with van der Waals surface area (Å²) in [5.41, 5.74) is -2.24. The van der Waals surface area contributed by atoms with Gasteiger partial charge < -0.3 is 19.6 Å². The van der Waals surface area contributed by atoms with E-state index in [4.69, 9.17) is 54.0 Å². The van der Waals surface area contributed by atoms with Gasteiger partial charge in [0, 0.05) is 39.7 Å². The topological polar surface area (TPSA) is 140 Å². The first-order chi connectivity index (χ1) is 31.0. The fourth-order valence-corrected chi connectivity index (χ4v) is 8.08. The number of allylic oxidation sites excluding steroid dienone is 2. The maximum atomic E-state index is 14.2. The van der Waals surface area contributed by atoms with E-state index in [1.807, 2.05) is 24.3 Å². The highest BCUT2D eigenvalue weighted by molar-refractivity contribution is 6.34. The minimum absolute atomic E-state index is 0.0245. The summed E-state index contributed by atoms with van der Waals surface area (Å²) in [5, 5.41) is 15.8. The number of ether oxygens (including phenoxy) is 2. The van der Waals surface area contributed by atoms with E-state index in [1.165, 1.54) is 23.3 Å². The summed E-state index contributed by atoms with van der Waals surface area (Å²) in [4.78, 5) is 47.7. The molecule has 1 unspecified atom stereocenters. The second-order valence-electron chi connectivity index (χ2n) is 15.9. The molecule has 20 heteroatoms. The van der Waals surface area contributed by atoms with Crippen LogP contribution in [0.5, 0.6) is 11.5 Å². The predicted octanol–water partition coefficient (Wildman–Crippen LogP) is 11.3. The second kappa shape index (κ2) is 19.6. The van der Waals surface area contributed by atoms with Crippen molar-refractivity contribution in [3.63, 3.8) is 0 Å². The van der Waals surface area contributed by atoms with Gasteiger partial charge in [0.15, 0.2) is 0 Å². The number of hydroxylamine groups is 2. The summed E-state index contributed by atoms with van der Waals surface area (Å²) in [6, 6.07) is 24.7. The highest BCUT2D eigenvalue weighted by Crippen LogP contribution is 2.61. The number of rotatable bonds is 11. The van der Waals surface area contributed by atoms with E-state index < -0.39 is 70.7 Å². The molecule has 1 aliphatic carbocycles. The number of carbonyl (C=O) groups excluding carboxylic acids is 3. The third-order valence-corrected chi connectivity index (χ3v) is 11.9. The monoisotopic (exact) mass is 978 g/mol. The SMILES string of the molecule is CC1(C)[C@H](/C=C(\Cl)C(F)(F)F)[C@@H]1C(=O)O[C@@H](C#N)c1cccc(Oc2ccccc2)c1.CCN1OCC(NC(=O)c2ccc(C3=NO[C@@](c4cc(Cl)cc(Cl)c4)(C(F)(F)F)C3)cc2C)C1=O. The van der Waals surface area contributed by atoms with Gasteiger partial charge in [0.25, 0.3) is 17.4 Å². The van der Waals surface area contributed by atoms with E-state index in [0.29, 0.717) is 34.7 Å². The van der Waals surface area contributed by atoms with Gasteiger partial charge in [0.2, 0.25) is 6.10 Å². The van der Waals surface area contributed by atoms with Crippen molar-refractivity contribution >= 4 is 58.3 Å². The molecule has 0 radical (unpaired) electrons. The number of likely N-dealkylation sites (N-methyl/N-ethyl adjacent to an activating group) is 1. The summed E-state index contributed by atoms with van der Waals surface area (Å²) in [6.45, 7) is 7.05. The van der Waals surface area contributed by atoms with Gasteiger partial charge in [-0.2, -0.15) is 31.6 Å². The van der Waals surface area contributed by atoms with Gasteiger partial charge in [0.1, 0.15) is 35.2 Å². The minimum Gasteiger partial charge on any atom is -0.457 e. The van der Waals surface area contributed by atoms with Crippen molar-refractivity contribution in [1.29, 1.82) is 5.26 Å². The van der Waals surface area contributed by atoms with Gasteiger partial charge in [-0.1, -0.05) is 96.3 Å². The summed E-state index contributed by atoms with van der Waals surface area (Å²) >= 11 is 17.2. The number of alkyl halides is 6. The lowest BCUT2D eigenvalue weighted by Gasteiger charge is -2.29. The largest absolute Gasteiger partial charge is 0.457 e. The number of aryl methyl sites for hydroxylation is 1. The molecular weight excluding hydrogens is 941 g/mol. The lowest BCUT2D eigenvalue weighted by atomic mass is 9.86. The molecule has 7 rings (SSSR count). The summed E-state index contributed by atoms with van der Waals surface area (Å²) < 4.78 is 91.9. The number of nitriles is 1. The van der Waals surface area contributed by atoms with E-state index in [-0.39, 0.29) is 39.4 Å². The number of nitrogens with one attached hydrogen (secondary N) is 1. The molecule has 0 spiro atoms. The number of carbonyl (C=O) groups is 3. The maximum Gasteiger partial charge on any atom is 0.435 e. The average molecular weight is 980 g/mol. The minimum atomic E-state index is -4.82. The molecule has 5 atom stereocenters. The highest BCUT2D eigenvalue weighted by Gasteiger charge is 2.63. The molecule has 3 aliphatic rings. The predicted molar refractivity (Wildman–Crippen MR) is 230 cm³/mol. The van der Waals surface area contributed by atoms with Crippen LogP contribution < -0.4 is 10.1 Å². The van der Waals surface area contributed by atoms with Crippen molar-refractivity contribution in [2.24, 2.45) is 22.4 Å². The Kier molecular flexibility index (Phi) is 14.7. The fraction of sp³-hybridized carbons (Fsp3) is 0.326. The molecule has 0 bridgehead atoms. The average Bonchev–Trinajstić information content (AvgIpc) is 3.54. The Morgan fingerprint density at radius 3 is 2.24 bits per heavy atom. The molecule has 1 saturated carbocycles. The molecule has 2 amide bonds. The molecule has 1 saturated heterocycles. The second-order valence-corrected chi connectivity index (χ2v) is 17.2. The molecule has 2 heterocycles. The number of nitrogens with zero attached hydrogens (tertiary/aromatic N) is 3. The van der Waals surface area contributed by atoms with Gasteiger partial charge >= 0.3 is 18.3 Å². The molecule has 4 aromatic carbocycles. The van der Waals surface area contributed by atoms with Crippen LogP contribution in [0.25, 0.3) is 0 Å². The lowest BCUT2D eigenvalue weighted by molar-refractivity contribution is -0.275. The van der Waals surface area contributed by atoms with E-state index >= 15 is 0 Å². The zero-order valence-corrected chi connectivity index (χ0v) is 37.5. The molecular formula is C46H39Cl3F6N4O7. The smallest absolute Gasteiger partial charge is 0.435 e. The van der Waals surface area contributed by atoms with Crippen molar-refractivity contribution < 1.29 is 59.9 Å². The number of amides is 2. The normalized spacial score (nSPS) is 21.7. The number of para-hydroxylation sites is 1. The molecule has 2 fully saturated rings. The van der Waals surface area contributed by atoms with Crippen molar-refractivity contribution in [2.45, 2.75) is 64.2 Å². The van der Waals surface area contributed by atoms with E-state index in [2.05, 4.69) is 10.5 Å². The van der Waals surface area contributed by atoms with Crippen LogP contribution in [0.1, 0.15) is 65.9 Å². The Labute approximate surface area is 389 Å². The maximum absolute atomic E-state index is 14.2. The number of esters is 1. The number of hydrogen-bond donors (Lipinski definition) is 1. The summed E-state index contributed by atoms with van der Waals surface area (Å²) in [5.74, 6) is -2.12. The molecule has 2 aliphatic heterocycles. The summed E-state index contributed by atoms with van der Waals surface area (Å²) in [7, 11) is 0. The molecule has 4 aromatic rings. The van der Waals surface area contributed by atoms with Crippen LogP contribution >= 0.6 is 34.8 Å². The van der Waals surface area contributed by atoms with E-state index in [0.717, 1.165) is 18.2 Å². The third kappa shape index (κ3) is 10.9. The Balaban J connectivity index is 0.000000220. The number of halogens is 9. The van der Waals surface area contributed by atoms with Crippen LogP contribution in [0.4, 0.5) is 26.3 Å². The Morgan fingerprint density at radius 1 is 0.985 bits per heavy atom. The Bertz CT molecular complexity index is 2580. The third-order valence-electron chi connectivity index (χ3n) is 11.1. The zero-order chi connectivity index (χ0) is 48.4. The number of benzene rings is 4. The van der Waals surface area contributed by atoms with Crippen LogP contribution in [-0.2, 0) is 29.6 Å². The first-order valence-electron chi connectivity index (χ1n) is 20.0. The van der Waals surface area contributed by atoms with Gasteiger partial charge in [-0.25, -0.2) is 5.06 Å². The number of hydrogen-bond acceptors (Lipinski definition) is 9. The molecule has 1 N–H and O–H groups in total. The standard InChI is InChI=1S/C23H20Cl2F3N3O4.C23H19ClF3NO3/c1-3-31-21(33)19(11-34-31)29-20(32)17-5-4-13(6-12(17)2)18-10-22(35-30-18,23(26,27)28)14-7-15(24)9-16(25)8-14;1-22(2)17(12-19(24)23(25,26)27)20(22)21(29)31-18(13-28)14-7-6-10-16(11-14)30-15-8-4-3-5-9-15/h4-9,19H,3,10-11H2,1-2H3,(H,29,32);3-12,17-18,20H,1-2H3/b;19-12-/t19?,22-;17-,18+,20-/m01/s1. The van der Waals surface area contributed by atoms with Crippen LogP contribution in [0, 0.1) is 35.5 Å². The first kappa shape index (κ1) is 49.6. The van der Waals surface area contributed by atoms with Crippen molar-refractivity contribution in [3.8, 4) is 17.6 Å². The van der Waals surface area contributed by atoms with Gasteiger partial charge in [-0.3, -0.25) is 19.2 Å². The molecule has 348 valence electrons. The molecule has 66 heavy (non-hydrogen) atoms. The van der Waals surface area contributed by atoms with Crippen molar-refractivity contribution in [2.75, 3.05) is 13.2 Å². The lowest BCUT2D eigenvalue weighted by Crippen LogP contribution is -2.43. The Hall–Kier alpha value is -5.80. The van der Waals surface area contributed by atoms with Gasteiger partial charge in [-0.05, 0) is 90.9 Å². The quantitative estimate of drug-likeness (QED) is 0.116. The van der Waals surface area contributed by atoms with Crippen LogP contribution in [0.3, 0.4) is 0 Å². The van der Waals surface area contributed by atoms with Gasteiger partial charge in [0.05, 0.1) is 11.6 Å². The number of oxime groups is 1. The van der Waals surface area contributed by atoms with Crippen molar-refractivity contribution in [3.05, 3.63) is 140 Å².